The van der Waals surface area contributed by atoms with Crippen LogP contribution in [0.1, 0.15) is 6.42 Å². The lowest BCUT2D eigenvalue weighted by Crippen LogP contribution is -2.17. The van der Waals surface area contributed by atoms with E-state index in [-0.39, 0.29) is 5.75 Å². The lowest BCUT2D eigenvalue weighted by molar-refractivity contribution is 0.530. The van der Waals surface area contributed by atoms with E-state index in [0.717, 1.165) is 10.7 Å². The Hall–Kier alpha value is -0.0900. The largest absolute Gasteiger partial charge is 0.214 e. The third-order valence-electron chi connectivity index (χ3n) is 1.20. The summed E-state index contributed by atoms with van der Waals surface area (Å²) in [5.74, 6) is 0.274. The zero-order chi connectivity index (χ0) is 6.20. The van der Waals surface area contributed by atoms with Gasteiger partial charge >= 0.3 is 0 Å². The minimum atomic E-state index is -2.90. The van der Waals surface area contributed by atoms with Crippen molar-refractivity contribution in [3.8, 4) is 0 Å². The first-order valence-corrected chi connectivity index (χ1v) is 4.05. The molecule has 0 aromatic rings. The Kier molecular flexibility index (Phi) is 1.28. The Morgan fingerprint density at radius 2 is 2.12 bits per heavy atom. The van der Waals surface area contributed by atoms with Gasteiger partial charge < -0.3 is 0 Å². The summed E-state index contributed by atoms with van der Waals surface area (Å²) < 4.78 is 22.4. The Bertz CT molecular complexity index is 172. The summed E-state index contributed by atoms with van der Waals surface area (Å²) >= 11 is 0. The number of sulfonamides is 1. The van der Waals surface area contributed by atoms with Crippen LogP contribution in [-0.4, -0.2) is 25.0 Å². The van der Waals surface area contributed by atoms with Crippen LogP contribution in [0.3, 0.4) is 0 Å². The molecule has 1 aliphatic heterocycles. The Morgan fingerprint density at radius 3 is 2.25 bits per heavy atom. The first kappa shape index (κ1) is 6.04. The molecule has 3 nitrogen and oxygen atoms in total. The Morgan fingerprint density at radius 1 is 1.50 bits per heavy atom. The van der Waals surface area contributed by atoms with Gasteiger partial charge in [-0.3, -0.25) is 0 Å². The molecule has 0 N–H and O–H groups in total. The molecule has 1 fully saturated rings. The molecular formula is C4H8NO2S. The smallest absolute Gasteiger partial charge is 0.212 e. The molecule has 1 rings (SSSR count). The maximum Gasteiger partial charge on any atom is 0.214 e. The molecule has 4 heteroatoms. The van der Waals surface area contributed by atoms with Crippen LogP contribution in [-0.2, 0) is 10.0 Å². The summed E-state index contributed by atoms with van der Waals surface area (Å²) in [4.78, 5) is 0. The normalized spacial score (nSPS) is 28.6. The first-order valence-electron chi connectivity index (χ1n) is 2.44. The van der Waals surface area contributed by atoms with E-state index in [1.165, 1.54) is 0 Å². The predicted molar refractivity (Wildman–Crippen MR) is 30.5 cm³/mol. The molecular weight excluding hydrogens is 126 g/mol. The average Bonchev–Trinajstić information content (AvgIpc) is 1.86. The second kappa shape index (κ2) is 1.70. The van der Waals surface area contributed by atoms with Gasteiger partial charge in [0.25, 0.3) is 0 Å². The van der Waals surface area contributed by atoms with Crippen molar-refractivity contribution in [3.63, 3.8) is 0 Å². The molecule has 47 valence electrons. The highest BCUT2D eigenvalue weighted by Gasteiger charge is 2.23. The van der Waals surface area contributed by atoms with Crippen molar-refractivity contribution >= 4 is 10.0 Å². The maximum absolute atomic E-state index is 10.6. The van der Waals surface area contributed by atoms with E-state index < -0.39 is 10.0 Å². The summed E-state index contributed by atoms with van der Waals surface area (Å²) in [5.41, 5.74) is 0. The second-order valence-electron chi connectivity index (χ2n) is 1.85. The van der Waals surface area contributed by atoms with Gasteiger partial charge in [0.1, 0.15) is 0 Å². The summed E-state index contributed by atoms with van der Waals surface area (Å²) in [7, 11) is 0.433. The molecule has 1 heterocycles. The summed E-state index contributed by atoms with van der Waals surface area (Å²) in [6.07, 6.45) is 0.728. The molecule has 1 saturated heterocycles. The van der Waals surface area contributed by atoms with E-state index >= 15 is 0 Å². The molecule has 1 aliphatic rings. The SMILES string of the molecule is [CH2]N1CCCS1(=O)=O. The van der Waals surface area contributed by atoms with Crippen molar-refractivity contribution in [3.05, 3.63) is 7.05 Å². The van der Waals surface area contributed by atoms with Gasteiger partial charge in [-0.05, 0) is 6.42 Å². The van der Waals surface area contributed by atoms with Crippen LogP contribution >= 0.6 is 0 Å². The third kappa shape index (κ3) is 0.855. The van der Waals surface area contributed by atoms with Crippen molar-refractivity contribution < 1.29 is 8.42 Å². The van der Waals surface area contributed by atoms with Gasteiger partial charge in [-0.25, -0.2) is 12.7 Å². The van der Waals surface area contributed by atoms with Crippen LogP contribution in [0.25, 0.3) is 0 Å². The minimum absolute atomic E-state index is 0.274. The highest BCUT2D eigenvalue weighted by molar-refractivity contribution is 7.89. The molecule has 0 spiro atoms. The highest BCUT2D eigenvalue weighted by Crippen LogP contribution is 2.09. The molecule has 0 aromatic carbocycles. The molecule has 0 bridgehead atoms. The van der Waals surface area contributed by atoms with Crippen molar-refractivity contribution in [1.29, 1.82) is 0 Å². The molecule has 0 amide bonds. The van der Waals surface area contributed by atoms with Gasteiger partial charge in [0.05, 0.1) is 5.75 Å². The number of rotatable bonds is 0. The van der Waals surface area contributed by atoms with Crippen LogP contribution in [0.2, 0.25) is 0 Å². The van der Waals surface area contributed by atoms with Crippen LogP contribution < -0.4 is 0 Å². The monoisotopic (exact) mass is 134 g/mol. The molecule has 0 aliphatic carbocycles. The number of nitrogens with zero attached hydrogens (tertiary/aromatic N) is 1. The van der Waals surface area contributed by atoms with Gasteiger partial charge in [0.2, 0.25) is 10.0 Å². The quantitative estimate of drug-likeness (QED) is 0.460. The molecule has 0 atom stereocenters. The third-order valence-corrected chi connectivity index (χ3v) is 2.98. The zero-order valence-corrected chi connectivity index (χ0v) is 5.32. The van der Waals surface area contributed by atoms with E-state index in [1.807, 2.05) is 0 Å². The van der Waals surface area contributed by atoms with E-state index in [0.29, 0.717) is 6.54 Å². The van der Waals surface area contributed by atoms with E-state index in [1.54, 1.807) is 0 Å². The fraction of sp³-hybridized carbons (Fsp3) is 0.750. The first-order chi connectivity index (χ1) is 3.63. The highest BCUT2D eigenvalue weighted by atomic mass is 32.2. The fourth-order valence-electron chi connectivity index (χ4n) is 0.691. The molecule has 0 saturated carbocycles. The van der Waals surface area contributed by atoms with Crippen LogP contribution in [0.15, 0.2) is 0 Å². The van der Waals surface area contributed by atoms with Gasteiger partial charge in [0, 0.05) is 13.6 Å². The summed E-state index contributed by atoms with van der Waals surface area (Å²) in [6, 6.07) is 0. The standard InChI is InChI=1S/C4H8NO2S/c1-5-3-2-4-8(5,6)7/h1-4H2. The molecule has 0 aromatic heterocycles. The average molecular weight is 134 g/mol. The maximum atomic E-state index is 10.6. The van der Waals surface area contributed by atoms with Gasteiger partial charge in [-0.15, -0.1) is 0 Å². The number of hydrogen-bond donors (Lipinski definition) is 0. The topological polar surface area (TPSA) is 37.4 Å². The van der Waals surface area contributed by atoms with Crippen molar-refractivity contribution in [2.24, 2.45) is 0 Å². The molecule has 1 radical (unpaired) electrons. The van der Waals surface area contributed by atoms with E-state index in [4.69, 9.17) is 0 Å². The van der Waals surface area contributed by atoms with Gasteiger partial charge in [-0.1, -0.05) is 0 Å². The fourth-order valence-corrected chi connectivity index (χ4v) is 1.85. The summed E-state index contributed by atoms with van der Waals surface area (Å²) in [6.45, 7) is 0.586. The second-order valence-corrected chi connectivity index (χ2v) is 3.93. The van der Waals surface area contributed by atoms with Crippen LogP contribution in [0.5, 0.6) is 0 Å². The van der Waals surface area contributed by atoms with Gasteiger partial charge in [-0.2, -0.15) is 0 Å². The van der Waals surface area contributed by atoms with Crippen molar-refractivity contribution in [1.82, 2.24) is 4.31 Å². The minimum Gasteiger partial charge on any atom is -0.212 e. The molecule has 0 unspecified atom stereocenters. The Balaban J connectivity index is 2.85. The van der Waals surface area contributed by atoms with E-state index in [2.05, 4.69) is 7.05 Å². The predicted octanol–water partition coefficient (Wildman–Crippen LogP) is -0.187. The summed E-state index contributed by atoms with van der Waals surface area (Å²) in [5, 5.41) is 0. The molecule has 8 heavy (non-hydrogen) atoms. The van der Waals surface area contributed by atoms with Gasteiger partial charge in [0.15, 0.2) is 0 Å². The van der Waals surface area contributed by atoms with Crippen molar-refractivity contribution in [2.45, 2.75) is 6.42 Å². The van der Waals surface area contributed by atoms with Crippen LogP contribution in [0.4, 0.5) is 0 Å². The van der Waals surface area contributed by atoms with E-state index in [9.17, 15) is 8.42 Å². The number of hydrogen-bond acceptors (Lipinski definition) is 2. The lowest BCUT2D eigenvalue weighted by Gasteiger charge is -2.02. The van der Waals surface area contributed by atoms with Crippen LogP contribution in [0, 0.1) is 7.05 Å². The lowest BCUT2D eigenvalue weighted by atomic mass is 10.5. The van der Waals surface area contributed by atoms with Crippen molar-refractivity contribution in [2.75, 3.05) is 12.3 Å². The zero-order valence-electron chi connectivity index (χ0n) is 4.50. The Labute approximate surface area is 49.3 Å².